The highest BCUT2D eigenvalue weighted by Crippen LogP contribution is 2.54. The van der Waals surface area contributed by atoms with Crippen LogP contribution in [-0.4, -0.2) is 0 Å². The van der Waals surface area contributed by atoms with Crippen LogP contribution in [-0.2, 0) is 0 Å². The Bertz CT molecular complexity index is 10500. The molecule has 0 aliphatic rings. The second kappa shape index (κ2) is 31.9. The Kier molecular flexibility index (Phi) is 17.9. The van der Waals surface area contributed by atoms with Crippen LogP contribution in [0.1, 0.15) is 0 Å². The first kappa shape index (κ1) is 80.3. The third kappa shape index (κ3) is 12.6. The van der Waals surface area contributed by atoms with E-state index in [2.05, 4.69) is 497 Å². The standard InChI is InChI=1S/C140H82O3/c1-3-28-83(29-4-1)91-34-27-35-98(74-91)133-116-47-19-17-45-114(116)131(115-46-18-20-48-117(115)133)86-56-62-89(63-57-86)135-103-70-66-92(75-99(103)79-124-107-40-25-26-53-126(107)141-138(124)135)95-69-73-109-125-80-100-76-93(94-68-72-108-123-78-97-33-8-10-37-102(97)134(139(123)142-127(108)81-94)88-60-54-85(55-61-88)130-112-43-15-13-41-110(112)129(84-30-5-2-6-31-84)111-42-14-16-44-113(111)130)67-71-104(100)136(140(125)143-128(109)82-95)90-64-58-87(59-65-90)132-118-49-21-23-51-120(118)137(121-52-24-22-50-119(121)132)122-77-96-32-7-9-36-101(96)105-38-11-12-39-106(105)122/h1-82H. The number of hydrogen-bond donors (Lipinski definition) is 0. The summed E-state index contributed by atoms with van der Waals surface area (Å²) in [7, 11) is 0. The molecule has 0 amide bonds. The van der Waals surface area contributed by atoms with Crippen molar-refractivity contribution in [1.29, 1.82) is 0 Å². The van der Waals surface area contributed by atoms with Gasteiger partial charge in [0.15, 0.2) is 0 Å². The van der Waals surface area contributed by atoms with Crippen molar-refractivity contribution in [2.75, 3.05) is 0 Å². The summed E-state index contributed by atoms with van der Waals surface area (Å²) in [5.41, 5.74) is 32.6. The quantitative estimate of drug-likeness (QED) is 0.0904. The van der Waals surface area contributed by atoms with E-state index in [0.29, 0.717) is 0 Å². The lowest BCUT2D eigenvalue weighted by Gasteiger charge is -2.20. The average Bonchev–Trinajstić information content (AvgIpc) is 1.36. The van der Waals surface area contributed by atoms with E-state index in [1.54, 1.807) is 0 Å². The molecule has 0 atom stereocenters. The van der Waals surface area contributed by atoms with Gasteiger partial charge in [-0.25, -0.2) is 0 Å². The molecule has 660 valence electrons. The Balaban J connectivity index is 0.554. The minimum Gasteiger partial charge on any atom is -0.455 e. The van der Waals surface area contributed by atoms with Crippen molar-refractivity contribution in [3.8, 4) is 134 Å². The smallest absolute Gasteiger partial charge is 0.143 e. The van der Waals surface area contributed by atoms with Crippen LogP contribution in [0.4, 0.5) is 0 Å². The molecular formula is C140H82O3. The molecule has 3 aromatic heterocycles. The van der Waals surface area contributed by atoms with E-state index in [1.807, 2.05) is 0 Å². The molecule has 143 heavy (non-hydrogen) atoms. The topological polar surface area (TPSA) is 39.4 Å². The molecule has 0 aliphatic heterocycles. The Labute approximate surface area is 822 Å². The molecule has 0 radical (unpaired) electrons. The van der Waals surface area contributed by atoms with E-state index in [9.17, 15) is 0 Å². The van der Waals surface area contributed by atoms with Crippen LogP contribution in [0.5, 0.6) is 0 Å². The van der Waals surface area contributed by atoms with Gasteiger partial charge in [0, 0.05) is 49.0 Å². The zero-order valence-corrected chi connectivity index (χ0v) is 77.6. The molecule has 3 heterocycles. The van der Waals surface area contributed by atoms with Crippen molar-refractivity contribution >= 4 is 184 Å². The summed E-state index contributed by atoms with van der Waals surface area (Å²) in [6.07, 6.45) is 0. The number of fused-ring (bicyclic) bond motifs is 21. The SMILES string of the molecule is c1ccc(-c2cccc(-c3c4ccccc4c(-c4ccc(-c5c6ccc(-c7ccc8c(c7)oc7c(-c9ccc(-c%10c%11ccccc%11c(-c%11cc%12ccccc%12c%12ccccc%11%12)c%11ccccc%10%11)cc9)c9ccc(-c%10ccc%11c(c%10)oc%10c(-c%12ccc(-c%13c%14ccccc%14c(-c%14ccccc%14)c%14ccccc%13%14)cc%12)c%12ccccc%12cc%10%11)cc9cc78)cc6cc6c5oc5ccccc56)cc4)c4ccccc34)c2)cc1. The van der Waals surface area contributed by atoms with Crippen LogP contribution >= 0.6 is 0 Å². The molecule has 0 saturated carbocycles. The van der Waals surface area contributed by atoms with Crippen LogP contribution < -0.4 is 0 Å². The molecule has 30 aromatic rings. The zero-order valence-electron chi connectivity index (χ0n) is 77.6. The number of para-hydroxylation sites is 1. The third-order valence-corrected chi connectivity index (χ3v) is 30.7. The largest absolute Gasteiger partial charge is 0.455 e. The molecule has 0 saturated heterocycles. The maximum Gasteiger partial charge on any atom is 0.143 e. The zero-order chi connectivity index (χ0) is 93.6. The first-order chi connectivity index (χ1) is 70.9. The van der Waals surface area contributed by atoms with Crippen LogP contribution in [0.3, 0.4) is 0 Å². The first-order valence-electron chi connectivity index (χ1n) is 49.4. The fraction of sp³-hybridized carbons (Fsp3) is 0. The summed E-state index contributed by atoms with van der Waals surface area (Å²) in [6, 6.07) is 184. The summed E-state index contributed by atoms with van der Waals surface area (Å²) < 4.78 is 21.9. The van der Waals surface area contributed by atoms with Crippen molar-refractivity contribution in [3.05, 3.63) is 497 Å². The summed E-state index contributed by atoms with van der Waals surface area (Å²) in [6.45, 7) is 0. The van der Waals surface area contributed by atoms with Gasteiger partial charge in [0.25, 0.3) is 0 Å². The summed E-state index contributed by atoms with van der Waals surface area (Å²) in [5, 5.41) is 32.7. The lowest BCUT2D eigenvalue weighted by Crippen LogP contribution is -1.92. The number of hydrogen-bond acceptors (Lipinski definition) is 3. The van der Waals surface area contributed by atoms with Crippen molar-refractivity contribution in [2.24, 2.45) is 0 Å². The Morgan fingerprint density at radius 1 is 0.0979 bits per heavy atom. The molecule has 0 aliphatic carbocycles. The molecule has 3 nitrogen and oxygen atoms in total. The molecule has 0 N–H and O–H groups in total. The van der Waals surface area contributed by atoms with Gasteiger partial charge in [-0.3, -0.25) is 0 Å². The van der Waals surface area contributed by atoms with Gasteiger partial charge in [0.2, 0.25) is 0 Å². The molecule has 30 rings (SSSR count). The minimum absolute atomic E-state index is 0.808. The molecule has 0 spiro atoms. The van der Waals surface area contributed by atoms with Gasteiger partial charge in [-0.05, 0) is 308 Å². The second-order valence-corrected chi connectivity index (χ2v) is 38.5. The molecule has 0 fully saturated rings. The van der Waals surface area contributed by atoms with E-state index in [0.717, 1.165) is 170 Å². The fourth-order valence-electron chi connectivity index (χ4n) is 24.4. The third-order valence-electron chi connectivity index (χ3n) is 30.7. The van der Waals surface area contributed by atoms with Gasteiger partial charge in [0.05, 0.1) is 0 Å². The van der Waals surface area contributed by atoms with Gasteiger partial charge in [-0.2, -0.15) is 0 Å². The maximum absolute atomic E-state index is 7.56. The molecule has 27 aromatic carbocycles. The van der Waals surface area contributed by atoms with Gasteiger partial charge < -0.3 is 13.3 Å². The van der Waals surface area contributed by atoms with Crippen molar-refractivity contribution in [3.63, 3.8) is 0 Å². The highest BCUT2D eigenvalue weighted by atomic mass is 16.3. The van der Waals surface area contributed by atoms with Crippen molar-refractivity contribution in [1.82, 2.24) is 0 Å². The number of furan rings is 3. The lowest BCUT2D eigenvalue weighted by molar-refractivity contribution is 0.670. The normalized spacial score (nSPS) is 12.1. The molecule has 0 unspecified atom stereocenters. The number of rotatable bonds is 12. The average molecular weight is 1810 g/mol. The fourth-order valence-corrected chi connectivity index (χ4v) is 24.4. The van der Waals surface area contributed by atoms with Crippen LogP contribution in [0, 0.1) is 0 Å². The van der Waals surface area contributed by atoms with Gasteiger partial charge in [-0.15, -0.1) is 0 Å². The van der Waals surface area contributed by atoms with E-state index in [1.165, 1.54) is 147 Å². The lowest BCUT2D eigenvalue weighted by atomic mass is 9.83. The highest BCUT2D eigenvalue weighted by molar-refractivity contribution is 6.30. The van der Waals surface area contributed by atoms with Crippen molar-refractivity contribution in [2.45, 2.75) is 0 Å². The summed E-state index contributed by atoms with van der Waals surface area (Å²) in [4.78, 5) is 0. The second-order valence-electron chi connectivity index (χ2n) is 38.5. The molecule has 3 heteroatoms. The molecule has 0 bridgehead atoms. The van der Waals surface area contributed by atoms with Crippen LogP contribution in [0.25, 0.3) is 318 Å². The minimum atomic E-state index is 0.808. The van der Waals surface area contributed by atoms with E-state index < -0.39 is 0 Å². The Hall–Kier alpha value is -18.8. The van der Waals surface area contributed by atoms with E-state index in [4.69, 9.17) is 13.3 Å². The first-order valence-corrected chi connectivity index (χ1v) is 49.4. The maximum atomic E-state index is 7.56. The predicted octanol–water partition coefficient (Wildman–Crippen LogP) is 40.1. The van der Waals surface area contributed by atoms with Crippen molar-refractivity contribution < 1.29 is 13.3 Å². The van der Waals surface area contributed by atoms with E-state index in [-0.39, 0.29) is 0 Å². The highest BCUT2D eigenvalue weighted by Gasteiger charge is 2.28. The monoisotopic (exact) mass is 1810 g/mol. The number of benzene rings is 27. The van der Waals surface area contributed by atoms with Gasteiger partial charge in [-0.1, -0.05) is 425 Å². The van der Waals surface area contributed by atoms with Crippen LogP contribution in [0.2, 0.25) is 0 Å². The van der Waals surface area contributed by atoms with Gasteiger partial charge in [0.1, 0.15) is 33.5 Å². The van der Waals surface area contributed by atoms with E-state index >= 15 is 0 Å². The van der Waals surface area contributed by atoms with Gasteiger partial charge >= 0.3 is 0 Å². The Morgan fingerprint density at radius 2 is 0.343 bits per heavy atom. The summed E-state index contributed by atoms with van der Waals surface area (Å²) >= 11 is 0. The molecular weight excluding hydrogens is 1730 g/mol. The van der Waals surface area contributed by atoms with Crippen LogP contribution in [0.15, 0.2) is 511 Å². The summed E-state index contributed by atoms with van der Waals surface area (Å²) in [5.74, 6) is 0. The predicted molar refractivity (Wildman–Crippen MR) is 606 cm³/mol. The Morgan fingerprint density at radius 3 is 0.755 bits per heavy atom.